The van der Waals surface area contributed by atoms with Crippen molar-refractivity contribution in [3.63, 3.8) is 0 Å². The van der Waals surface area contributed by atoms with Gasteiger partial charge < -0.3 is 4.74 Å². The molecule has 0 aliphatic carbocycles. The fraction of sp³-hybridized carbons (Fsp3) is 0.286. The van der Waals surface area contributed by atoms with Crippen molar-refractivity contribution in [3.05, 3.63) is 33.1 Å². The van der Waals surface area contributed by atoms with Gasteiger partial charge in [0.05, 0.1) is 0 Å². The van der Waals surface area contributed by atoms with Crippen molar-refractivity contribution in [1.82, 2.24) is 15.0 Å². The topological polar surface area (TPSA) is 87.8 Å². The van der Waals surface area contributed by atoms with Gasteiger partial charge in [-0.25, -0.2) is 9.59 Å². The Labute approximate surface area is 73.3 Å². The highest BCUT2D eigenvalue weighted by Crippen LogP contribution is 1.90. The van der Waals surface area contributed by atoms with Crippen molar-refractivity contribution in [1.29, 1.82) is 0 Å². The van der Waals surface area contributed by atoms with Gasteiger partial charge in [-0.3, -0.25) is 9.97 Å². The second kappa shape index (κ2) is 4.24. The van der Waals surface area contributed by atoms with E-state index < -0.39 is 11.4 Å². The summed E-state index contributed by atoms with van der Waals surface area (Å²) < 4.78 is 4.93. The molecule has 0 spiro atoms. The number of rotatable bonds is 3. The van der Waals surface area contributed by atoms with Gasteiger partial charge in [-0.1, -0.05) is 12.2 Å². The van der Waals surface area contributed by atoms with E-state index in [-0.39, 0.29) is 12.6 Å². The molecule has 0 unspecified atom stereocenters. The summed E-state index contributed by atoms with van der Waals surface area (Å²) in [6.45, 7) is 2.10. The Balaban J connectivity index is 2.78. The third-order valence-corrected chi connectivity index (χ3v) is 1.20. The number of hydrogen-bond donors (Lipinski definition) is 2. The molecule has 6 nitrogen and oxygen atoms in total. The normalized spacial score (nSPS) is 10.5. The predicted molar refractivity (Wildman–Crippen MR) is 45.8 cm³/mol. The van der Waals surface area contributed by atoms with Crippen molar-refractivity contribution in [3.8, 4) is 6.01 Å². The number of ether oxygens (including phenoxy) is 1. The van der Waals surface area contributed by atoms with Crippen molar-refractivity contribution in [2.24, 2.45) is 0 Å². The summed E-state index contributed by atoms with van der Waals surface area (Å²) in [5, 5.41) is 0. The van der Waals surface area contributed by atoms with Crippen LogP contribution >= 0.6 is 0 Å². The first-order chi connectivity index (χ1) is 6.22. The van der Waals surface area contributed by atoms with E-state index >= 15 is 0 Å². The van der Waals surface area contributed by atoms with E-state index in [0.717, 1.165) is 0 Å². The van der Waals surface area contributed by atoms with Crippen molar-refractivity contribution < 1.29 is 4.74 Å². The van der Waals surface area contributed by atoms with Gasteiger partial charge in [0.1, 0.15) is 6.61 Å². The van der Waals surface area contributed by atoms with Gasteiger partial charge >= 0.3 is 17.4 Å². The van der Waals surface area contributed by atoms with Gasteiger partial charge in [-0.15, -0.1) is 4.98 Å². The van der Waals surface area contributed by atoms with Crippen LogP contribution in [0.3, 0.4) is 0 Å². The van der Waals surface area contributed by atoms with Gasteiger partial charge in [0, 0.05) is 0 Å². The first kappa shape index (κ1) is 9.24. The summed E-state index contributed by atoms with van der Waals surface area (Å²) in [5.41, 5.74) is -1.35. The molecule has 13 heavy (non-hydrogen) atoms. The summed E-state index contributed by atoms with van der Waals surface area (Å²) in [7, 11) is 0. The van der Waals surface area contributed by atoms with Crippen LogP contribution in [0.5, 0.6) is 6.01 Å². The summed E-state index contributed by atoms with van der Waals surface area (Å²) in [4.78, 5) is 28.9. The van der Waals surface area contributed by atoms with E-state index in [1.54, 1.807) is 12.2 Å². The molecule has 70 valence electrons. The summed E-state index contributed by atoms with van der Waals surface area (Å²) in [5.74, 6) is 0. The van der Waals surface area contributed by atoms with Crippen LogP contribution in [-0.4, -0.2) is 21.6 Å². The molecular weight excluding hydrogens is 174 g/mol. The first-order valence-corrected chi connectivity index (χ1v) is 3.67. The minimum atomic E-state index is -0.723. The number of aromatic amines is 2. The van der Waals surface area contributed by atoms with Crippen LogP contribution in [0.1, 0.15) is 6.92 Å². The minimum Gasteiger partial charge on any atom is -0.460 e. The van der Waals surface area contributed by atoms with Crippen molar-refractivity contribution >= 4 is 0 Å². The Bertz CT molecular complexity index is 376. The molecule has 0 radical (unpaired) electrons. The second-order valence-electron chi connectivity index (χ2n) is 2.18. The molecule has 1 rings (SSSR count). The monoisotopic (exact) mass is 183 g/mol. The first-order valence-electron chi connectivity index (χ1n) is 3.67. The third kappa shape index (κ3) is 2.94. The highest BCUT2D eigenvalue weighted by molar-refractivity contribution is 4.90. The average molecular weight is 183 g/mol. The fourth-order valence-corrected chi connectivity index (χ4v) is 0.665. The number of nitrogens with zero attached hydrogens (tertiary/aromatic N) is 1. The van der Waals surface area contributed by atoms with Crippen LogP contribution in [0.2, 0.25) is 0 Å². The average Bonchev–Trinajstić information content (AvgIpc) is 2.03. The zero-order valence-corrected chi connectivity index (χ0v) is 7.03. The molecule has 6 heteroatoms. The molecule has 0 atom stereocenters. The second-order valence-corrected chi connectivity index (χ2v) is 2.18. The molecule has 0 aromatic carbocycles. The maximum atomic E-state index is 10.7. The zero-order chi connectivity index (χ0) is 9.68. The molecule has 1 heterocycles. The molecule has 1 aromatic rings. The smallest absolute Gasteiger partial charge is 0.353 e. The Kier molecular flexibility index (Phi) is 3.02. The Morgan fingerprint density at radius 1 is 1.46 bits per heavy atom. The molecule has 0 saturated heterocycles. The standard InChI is InChI=1S/C7H9N3O3/c1-2-3-4-13-7-9-5(11)8-6(12)10-7/h2-3H,4H2,1H3,(H2,8,9,10,11,12)/b3-2+. The van der Waals surface area contributed by atoms with Crippen molar-refractivity contribution in [2.45, 2.75) is 6.92 Å². The number of nitrogens with one attached hydrogen (secondary N) is 2. The SMILES string of the molecule is C/C=C/COc1nc(=O)[nH]c(=O)[nH]1. The maximum Gasteiger partial charge on any atom is 0.353 e. The molecule has 2 N–H and O–H groups in total. The molecule has 1 aromatic heterocycles. The van der Waals surface area contributed by atoms with Gasteiger partial charge in [0.15, 0.2) is 0 Å². The van der Waals surface area contributed by atoms with Crippen LogP contribution in [-0.2, 0) is 0 Å². The number of hydrogen-bond acceptors (Lipinski definition) is 4. The van der Waals surface area contributed by atoms with E-state index in [0.29, 0.717) is 0 Å². The fourth-order valence-electron chi connectivity index (χ4n) is 0.665. The predicted octanol–water partition coefficient (Wildman–Crippen LogP) is -0.587. The quantitative estimate of drug-likeness (QED) is 0.613. The summed E-state index contributed by atoms with van der Waals surface area (Å²) >= 11 is 0. The van der Waals surface area contributed by atoms with Gasteiger partial charge in [0.25, 0.3) is 0 Å². The number of allylic oxidation sites excluding steroid dienone is 1. The number of aromatic nitrogens is 3. The van der Waals surface area contributed by atoms with Gasteiger partial charge in [0.2, 0.25) is 0 Å². The molecule has 0 fully saturated rings. The molecule has 0 bridgehead atoms. The van der Waals surface area contributed by atoms with Gasteiger partial charge in [-0.05, 0) is 6.92 Å². The van der Waals surface area contributed by atoms with Gasteiger partial charge in [-0.2, -0.15) is 0 Å². The summed E-state index contributed by atoms with van der Waals surface area (Å²) in [6.07, 6.45) is 3.51. The highest BCUT2D eigenvalue weighted by Gasteiger charge is 1.96. The van der Waals surface area contributed by atoms with Crippen molar-refractivity contribution in [2.75, 3.05) is 6.61 Å². The Morgan fingerprint density at radius 2 is 2.23 bits per heavy atom. The van der Waals surface area contributed by atoms with Crippen LogP contribution in [0.25, 0.3) is 0 Å². The largest absolute Gasteiger partial charge is 0.460 e. The Morgan fingerprint density at radius 3 is 2.85 bits per heavy atom. The van der Waals surface area contributed by atoms with E-state index in [9.17, 15) is 9.59 Å². The van der Waals surface area contributed by atoms with Crippen LogP contribution in [0.4, 0.5) is 0 Å². The molecule has 0 saturated carbocycles. The van der Waals surface area contributed by atoms with Crippen LogP contribution < -0.4 is 16.1 Å². The molecule has 0 aliphatic rings. The molecular formula is C7H9N3O3. The lowest BCUT2D eigenvalue weighted by Gasteiger charge is -1.98. The Hall–Kier alpha value is -1.85. The lowest BCUT2D eigenvalue weighted by atomic mass is 10.6. The minimum absolute atomic E-state index is 0.0770. The molecule has 0 amide bonds. The van der Waals surface area contributed by atoms with Crippen LogP contribution in [0.15, 0.2) is 21.7 Å². The lowest BCUT2D eigenvalue weighted by molar-refractivity contribution is 0.328. The van der Waals surface area contributed by atoms with E-state index in [1.165, 1.54) is 0 Å². The van der Waals surface area contributed by atoms with E-state index in [1.807, 2.05) is 11.9 Å². The van der Waals surface area contributed by atoms with Crippen LogP contribution in [0, 0.1) is 0 Å². The number of H-pyrrole nitrogens is 2. The third-order valence-electron chi connectivity index (χ3n) is 1.20. The molecule has 0 aliphatic heterocycles. The van der Waals surface area contributed by atoms with E-state index in [4.69, 9.17) is 4.74 Å². The zero-order valence-electron chi connectivity index (χ0n) is 7.03. The summed E-state index contributed by atoms with van der Waals surface area (Å²) in [6, 6.07) is -0.0770. The van der Waals surface area contributed by atoms with E-state index in [2.05, 4.69) is 9.97 Å². The maximum absolute atomic E-state index is 10.7. The lowest BCUT2D eigenvalue weighted by Crippen LogP contribution is -2.25. The highest BCUT2D eigenvalue weighted by atomic mass is 16.5.